The summed E-state index contributed by atoms with van der Waals surface area (Å²) in [5.41, 5.74) is 1.68. The molecule has 6 nitrogen and oxygen atoms in total. The third-order valence-electron chi connectivity index (χ3n) is 3.60. The van der Waals surface area contributed by atoms with Crippen LogP contribution in [0.4, 0.5) is 5.69 Å². The van der Waals surface area contributed by atoms with Crippen molar-refractivity contribution in [2.24, 2.45) is 0 Å². The number of ether oxygens (including phenoxy) is 2. The van der Waals surface area contributed by atoms with Gasteiger partial charge in [-0.25, -0.2) is 0 Å². The lowest BCUT2D eigenvalue weighted by Gasteiger charge is -2.18. The third kappa shape index (κ3) is 2.81. The van der Waals surface area contributed by atoms with Crippen molar-refractivity contribution in [1.82, 2.24) is 5.16 Å². The van der Waals surface area contributed by atoms with E-state index in [4.69, 9.17) is 14.0 Å². The van der Waals surface area contributed by atoms with Gasteiger partial charge in [0.25, 0.3) is 5.91 Å². The predicted molar refractivity (Wildman–Crippen MR) is 87.3 cm³/mol. The van der Waals surface area contributed by atoms with Gasteiger partial charge in [-0.15, -0.1) is 0 Å². The highest BCUT2D eigenvalue weighted by Crippen LogP contribution is 2.32. The lowest BCUT2D eigenvalue weighted by molar-refractivity contribution is 0.101. The highest BCUT2D eigenvalue weighted by molar-refractivity contribution is 6.03. The second kappa shape index (κ2) is 6.08. The van der Waals surface area contributed by atoms with Gasteiger partial charge >= 0.3 is 0 Å². The first-order valence-electron chi connectivity index (χ1n) is 7.53. The average Bonchev–Trinajstić information content (AvgIpc) is 3.13. The lowest BCUT2D eigenvalue weighted by Crippen LogP contribution is -2.16. The molecule has 1 amide bonds. The molecule has 1 aromatic heterocycles. The molecule has 3 aromatic rings. The Morgan fingerprint density at radius 3 is 2.58 bits per heavy atom. The maximum absolute atomic E-state index is 12.3. The smallest absolute Gasteiger partial charge is 0.277 e. The molecule has 120 valence electrons. The first kappa shape index (κ1) is 14.3. The van der Waals surface area contributed by atoms with Gasteiger partial charge in [-0.1, -0.05) is 35.5 Å². The van der Waals surface area contributed by atoms with E-state index in [0.717, 1.165) is 5.56 Å². The van der Waals surface area contributed by atoms with Gasteiger partial charge in [-0.05, 0) is 12.1 Å². The van der Waals surface area contributed by atoms with Crippen LogP contribution >= 0.6 is 0 Å². The molecule has 0 saturated heterocycles. The first-order valence-corrected chi connectivity index (χ1v) is 7.53. The predicted octanol–water partition coefficient (Wildman–Crippen LogP) is 3.37. The molecule has 24 heavy (non-hydrogen) atoms. The molecule has 4 rings (SSSR count). The number of fused-ring (bicyclic) bond motifs is 1. The van der Waals surface area contributed by atoms with Crippen molar-refractivity contribution in [2.75, 3.05) is 18.5 Å². The van der Waals surface area contributed by atoms with Crippen LogP contribution in [0, 0.1) is 0 Å². The second-order valence-electron chi connectivity index (χ2n) is 5.25. The normalized spacial score (nSPS) is 12.7. The Balaban J connectivity index is 1.51. The lowest BCUT2D eigenvalue weighted by atomic mass is 10.1. The van der Waals surface area contributed by atoms with E-state index in [1.807, 2.05) is 30.3 Å². The summed E-state index contributed by atoms with van der Waals surface area (Å²) in [6.45, 7) is 1.02. The van der Waals surface area contributed by atoms with Crippen LogP contribution < -0.4 is 14.8 Å². The molecule has 1 aliphatic heterocycles. The zero-order chi connectivity index (χ0) is 16.4. The van der Waals surface area contributed by atoms with Crippen LogP contribution in [0.15, 0.2) is 59.1 Å². The molecule has 0 bridgehead atoms. The Morgan fingerprint density at radius 2 is 1.75 bits per heavy atom. The number of benzene rings is 2. The van der Waals surface area contributed by atoms with Crippen molar-refractivity contribution in [2.45, 2.75) is 0 Å². The number of aromatic nitrogens is 1. The minimum absolute atomic E-state index is 0.212. The van der Waals surface area contributed by atoms with E-state index in [9.17, 15) is 4.79 Å². The number of hydrogen-bond acceptors (Lipinski definition) is 5. The largest absolute Gasteiger partial charge is 0.486 e. The fraction of sp³-hybridized carbons (Fsp3) is 0.111. The van der Waals surface area contributed by atoms with Crippen molar-refractivity contribution in [3.05, 3.63) is 60.3 Å². The maximum Gasteiger partial charge on any atom is 0.277 e. The number of hydrogen-bond donors (Lipinski definition) is 1. The van der Waals surface area contributed by atoms with Gasteiger partial charge in [0, 0.05) is 23.4 Å². The van der Waals surface area contributed by atoms with E-state index in [2.05, 4.69) is 10.5 Å². The molecule has 2 heterocycles. The van der Waals surface area contributed by atoms with Gasteiger partial charge in [0.1, 0.15) is 13.2 Å². The number of anilines is 1. The van der Waals surface area contributed by atoms with Crippen molar-refractivity contribution in [3.63, 3.8) is 0 Å². The van der Waals surface area contributed by atoms with E-state index in [1.54, 1.807) is 24.3 Å². The monoisotopic (exact) mass is 322 g/mol. The molecule has 0 unspecified atom stereocenters. The van der Waals surface area contributed by atoms with Crippen LogP contribution in [0.1, 0.15) is 10.5 Å². The van der Waals surface area contributed by atoms with Gasteiger partial charge in [0.05, 0.1) is 0 Å². The van der Waals surface area contributed by atoms with E-state index in [0.29, 0.717) is 36.2 Å². The summed E-state index contributed by atoms with van der Waals surface area (Å²) >= 11 is 0. The van der Waals surface area contributed by atoms with Crippen molar-refractivity contribution in [1.29, 1.82) is 0 Å². The highest BCUT2D eigenvalue weighted by atomic mass is 16.6. The molecular weight excluding hydrogens is 308 g/mol. The number of carbonyl (C=O) groups excluding carboxylic acids is 1. The topological polar surface area (TPSA) is 73.6 Å². The van der Waals surface area contributed by atoms with Crippen LogP contribution in [0.5, 0.6) is 11.5 Å². The van der Waals surface area contributed by atoms with Crippen LogP contribution in [0.25, 0.3) is 11.3 Å². The minimum Gasteiger partial charge on any atom is -0.486 e. The molecular formula is C18H14N2O4. The van der Waals surface area contributed by atoms with E-state index < -0.39 is 0 Å². The molecule has 2 aromatic carbocycles. The molecule has 0 spiro atoms. The molecule has 0 saturated carbocycles. The summed E-state index contributed by atoms with van der Waals surface area (Å²) in [6.07, 6.45) is 0. The molecule has 0 fully saturated rings. The Labute approximate surface area is 138 Å². The van der Waals surface area contributed by atoms with Gasteiger partial charge in [0.2, 0.25) is 0 Å². The van der Waals surface area contributed by atoms with Gasteiger partial charge in [0.15, 0.2) is 23.0 Å². The zero-order valence-electron chi connectivity index (χ0n) is 12.7. The number of carbonyl (C=O) groups is 1. The second-order valence-corrected chi connectivity index (χ2v) is 5.25. The van der Waals surface area contributed by atoms with Gasteiger partial charge in [-0.3, -0.25) is 4.79 Å². The SMILES string of the molecule is O=C(Nc1ccc2c(c1)OCCO2)c1cc(-c2ccccc2)on1. The summed E-state index contributed by atoms with van der Waals surface area (Å²) in [5.74, 6) is 1.48. The Bertz CT molecular complexity index is 874. The summed E-state index contributed by atoms with van der Waals surface area (Å²) in [4.78, 5) is 12.3. The number of amides is 1. The number of nitrogens with zero attached hydrogens (tertiary/aromatic N) is 1. The quantitative estimate of drug-likeness (QED) is 0.800. The fourth-order valence-corrected chi connectivity index (χ4v) is 2.44. The molecule has 0 radical (unpaired) electrons. The maximum atomic E-state index is 12.3. The number of rotatable bonds is 3. The molecule has 0 aliphatic carbocycles. The van der Waals surface area contributed by atoms with Crippen molar-refractivity contribution < 1.29 is 18.8 Å². The molecule has 1 aliphatic rings. The van der Waals surface area contributed by atoms with Crippen molar-refractivity contribution >= 4 is 11.6 Å². The van der Waals surface area contributed by atoms with Crippen LogP contribution in [0.3, 0.4) is 0 Å². The summed E-state index contributed by atoms with van der Waals surface area (Å²) < 4.78 is 16.2. The van der Waals surface area contributed by atoms with Crippen LogP contribution in [-0.4, -0.2) is 24.3 Å². The van der Waals surface area contributed by atoms with E-state index in [-0.39, 0.29) is 11.6 Å². The molecule has 6 heteroatoms. The molecule has 0 atom stereocenters. The first-order chi connectivity index (χ1) is 11.8. The molecule has 1 N–H and O–H groups in total. The van der Waals surface area contributed by atoms with E-state index in [1.165, 1.54) is 0 Å². The van der Waals surface area contributed by atoms with E-state index >= 15 is 0 Å². The van der Waals surface area contributed by atoms with Crippen molar-refractivity contribution in [3.8, 4) is 22.8 Å². The summed E-state index contributed by atoms with van der Waals surface area (Å²) in [6, 6.07) is 16.3. The van der Waals surface area contributed by atoms with Gasteiger partial charge in [-0.2, -0.15) is 0 Å². The standard InChI is InChI=1S/C18H14N2O4/c21-18(14-11-16(24-20-14)12-4-2-1-3-5-12)19-13-6-7-15-17(10-13)23-9-8-22-15/h1-7,10-11H,8-9H2,(H,19,21). The average molecular weight is 322 g/mol. The fourth-order valence-electron chi connectivity index (χ4n) is 2.44. The zero-order valence-corrected chi connectivity index (χ0v) is 12.7. The number of nitrogens with one attached hydrogen (secondary N) is 1. The van der Waals surface area contributed by atoms with Gasteiger partial charge < -0.3 is 19.3 Å². The summed E-state index contributed by atoms with van der Waals surface area (Å²) in [7, 11) is 0. The van der Waals surface area contributed by atoms with Crippen LogP contribution in [0.2, 0.25) is 0 Å². The highest BCUT2D eigenvalue weighted by Gasteiger charge is 2.16. The Kier molecular flexibility index (Phi) is 3.63. The Morgan fingerprint density at radius 1 is 0.958 bits per heavy atom. The minimum atomic E-state index is -0.349. The Hall–Kier alpha value is -3.28. The third-order valence-corrected chi connectivity index (χ3v) is 3.60. The van der Waals surface area contributed by atoms with Crippen LogP contribution in [-0.2, 0) is 0 Å². The summed E-state index contributed by atoms with van der Waals surface area (Å²) in [5, 5.41) is 6.61.